The maximum Gasteiger partial charge on any atom is 0.0552 e. The van der Waals surface area contributed by atoms with Gasteiger partial charge in [0.1, 0.15) is 0 Å². The van der Waals surface area contributed by atoms with Crippen LogP contribution in [0.15, 0.2) is 0 Å². The van der Waals surface area contributed by atoms with Crippen molar-refractivity contribution in [2.45, 2.75) is 59.1 Å². The molecule has 88 valence electrons. The third-order valence-electron chi connectivity index (χ3n) is 4.86. The zero-order chi connectivity index (χ0) is 11.5. The number of likely N-dealkylation sites (tertiary alicyclic amines) is 1. The number of aliphatic hydroxyl groups is 1. The number of hydrogen-bond donors (Lipinski definition) is 1. The van der Waals surface area contributed by atoms with Crippen LogP contribution in [0.5, 0.6) is 0 Å². The van der Waals surface area contributed by atoms with Crippen LogP contribution in [0.1, 0.15) is 47.5 Å². The average molecular weight is 211 g/mol. The second-order valence-electron chi connectivity index (χ2n) is 7.21. The lowest BCUT2D eigenvalue weighted by molar-refractivity contribution is 0.112. The van der Waals surface area contributed by atoms with Gasteiger partial charge in [-0.1, -0.05) is 13.8 Å². The van der Waals surface area contributed by atoms with Crippen molar-refractivity contribution >= 4 is 0 Å². The molecule has 2 fully saturated rings. The van der Waals surface area contributed by atoms with E-state index in [0.29, 0.717) is 10.8 Å². The van der Waals surface area contributed by atoms with E-state index >= 15 is 0 Å². The Morgan fingerprint density at radius 1 is 1.07 bits per heavy atom. The predicted octanol–water partition coefficient (Wildman–Crippen LogP) is 2.27. The Bertz CT molecular complexity index is 250. The van der Waals surface area contributed by atoms with Gasteiger partial charge in [-0.05, 0) is 44.4 Å². The first kappa shape index (κ1) is 11.4. The Morgan fingerprint density at radius 3 is 1.80 bits per heavy atom. The van der Waals surface area contributed by atoms with Crippen molar-refractivity contribution in [1.29, 1.82) is 0 Å². The van der Waals surface area contributed by atoms with Crippen molar-refractivity contribution in [3.8, 4) is 0 Å². The Kier molecular flexibility index (Phi) is 2.27. The standard InChI is InChI=1S/C13H25NO/c1-11(2,3)14-8-12(4)6-10(15)7-13(12,5)9-14/h10,15H,6-9H2,1-5H3/t10?,12-,13+. The fraction of sp³-hybridized carbons (Fsp3) is 1.00. The minimum absolute atomic E-state index is 0.0675. The molecule has 1 saturated heterocycles. The van der Waals surface area contributed by atoms with Crippen molar-refractivity contribution in [3.63, 3.8) is 0 Å². The van der Waals surface area contributed by atoms with Crippen LogP contribution in [0.4, 0.5) is 0 Å². The molecule has 15 heavy (non-hydrogen) atoms. The first-order valence-corrected chi connectivity index (χ1v) is 6.09. The lowest BCUT2D eigenvalue weighted by atomic mass is 9.71. The lowest BCUT2D eigenvalue weighted by Crippen LogP contribution is -2.41. The molecular weight excluding hydrogens is 186 g/mol. The van der Waals surface area contributed by atoms with Gasteiger partial charge in [0.2, 0.25) is 0 Å². The Balaban J connectivity index is 2.22. The predicted molar refractivity (Wildman–Crippen MR) is 62.8 cm³/mol. The third-order valence-corrected chi connectivity index (χ3v) is 4.86. The van der Waals surface area contributed by atoms with E-state index in [-0.39, 0.29) is 11.6 Å². The van der Waals surface area contributed by atoms with Gasteiger partial charge >= 0.3 is 0 Å². The highest BCUT2D eigenvalue weighted by atomic mass is 16.3. The van der Waals surface area contributed by atoms with Crippen LogP contribution >= 0.6 is 0 Å². The van der Waals surface area contributed by atoms with Crippen molar-refractivity contribution < 1.29 is 5.11 Å². The molecule has 2 heteroatoms. The van der Waals surface area contributed by atoms with Crippen LogP contribution in [-0.4, -0.2) is 34.7 Å². The van der Waals surface area contributed by atoms with Crippen LogP contribution in [0.3, 0.4) is 0 Å². The SMILES string of the molecule is CC(C)(C)N1C[C@]2(C)CC(O)C[C@]2(C)C1. The highest BCUT2D eigenvalue weighted by Gasteiger charge is 2.58. The molecule has 2 aliphatic rings. The average Bonchev–Trinajstić information content (AvgIpc) is 2.31. The van der Waals surface area contributed by atoms with E-state index in [4.69, 9.17) is 0 Å². The second-order valence-corrected chi connectivity index (χ2v) is 7.21. The molecule has 1 saturated carbocycles. The number of rotatable bonds is 0. The van der Waals surface area contributed by atoms with Crippen LogP contribution < -0.4 is 0 Å². The van der Waals surface area contributed by atoms with Crippen LogP contribution in [0, 0.1) is 10.8 Å². The smallest absolute Gasteiger partial charge is 0.0552 e. The maximum atomic E-state index is 9.84. The molecule has 0 aromatic rings. The molecule has 0 aromatic heterocycles. The van der Waals surface area contributed by atoms with Gasteiger partial charge in [-0.25, -0.2) is 0 Å². The van der Waals surface area contributed by atoms with Gasteiger partial charge in [0, 0.05) is 18.6 Å². The fourth-order valence-electron chi connectivity index (χ4n) is 3.49. The first-order chi connectivity index (χ1) is 6.66. The van der Waals surface area contributed by atoms with Gasteiger partial charge in [0.15, 0.2) is 0 Å². The summed E-state index contributed by atoms with van der Waals surface area (Å²) in [5.41, 5.74) is 0.903. The molecule has 0 aromatic carbocycles. The quantitative estimate of drug-likeness (QED) is 0.664. The zero-order valence-corrected chi connectivity index (χ0v) is 10.8. The molecule has 1 N–H and O–H groups in total. The monoisotopic (exact) mass is 211 g/mol. The molecule has 0 bridgehead atoms. The molecule has 1 aliphatic heterocycles. The van der Waals surface area contributed by atoms with E-state index in [1.54, 1.807) is 0 Å². The summed E-state index contributed by atoms with van der Waals surface area (Å²) in [5.74, 6) is 0. The Hall–Kier alpha value is -0.0800. The summed E-state index contributed by atoms with van der Waals surface area (Å²) in [5, 5.41) is 9.84. The molecule has 2 nitrogen and oxygen atoms in total. The molecule has 1 unspecified atom stereocenters. The van der Waals surface area contributed by atoms with Crippen LogP contribution in [-0.2, 0) is 0 Å². The summed E-state index contributed by atoms with van der Waals surface area (Å²) < 4.78 is 0. The molecule has 1 aliphatic carbocycles. The van der Waals surface area contributed by atoms with E-state index in [2.05, 4.69) is 39.5 Å². The summed E-state index contributed by atoms with van der Waals surface area (Å²) in [6.45, 7) is 13.9. The highest BCUT2D eigenvalue weighted by Crippen LogP contribution is 2.58. The topological polar surface area (TPSA) is 23.5 Å². The summed E-state index contributed by atoms with van der Waals surface area (Å²) in [7, 11) is 0. The fourth-order valence-corrected chi connectivity index (χ4v) is 3.49. The van der Waals surface area contributed by atoms with E-state index in [9.17, 15) is 5.11 Å². The van der Waals surface area contributed by atoms with Gasteiger partial charge in [-0.15, -0.1) is 0 Å². The molecule has 3 atom stereocenters. The molecule has 1 heterocycles. The second kappa shape index (κ2) is 2.98. The lowest BCUT2D eigenvalue weighted by Gasteiger charge is -2.33. The largest absolute Gasteiger partial charge is 0.393 e. The minimum atomic E-state index is -0.0675. The molecule has 2 rings (SSSR count). The molecule has 0 radical (unpaired) electrons. The molecule has 0 spiro atoms. The zero-order valence-electron chi connectivity index (χ0n) is 10.8. The van der Waals surface area contributed by atoms with Gasteiger partial charge in [-0.2, -0.15) is 0 Å². The molecular formula is C13H25NO. The minimum Gasteiger partial charge on any atom is -0.393 e. The van der Waals surface area contributed by atoms with E-state index in [1.165, 1.54) is 0 Å². The van der Waals surface area contributed by atoms with E-state index in [1.807, 2.05) is 0 Å². The number of fused-ring (bicyclic) bond motifs is 1. The van der Waals surface area contributed by atoms with E-state index in [0.717, 1.165) is 25.9 Å². The van der Waals surface area contributed by atoms with E-state index < -0.39 is 0 Å². The van der Waals surface area contributed by atoms with Crippen molar-refractivity contribution in [2.24, 2.45) is 10.8 Å². The van der Waals surface area contributed by atoms with Crippen LogP contribution in [0.2, 0.25) is 0 Å². The summed E-state index contributed by atoms with van der Waals surface area (Å²) in [6, 6.07) is 0. The molecule has 0 amide bonds. The van der Waals surface area contributed by atoms with Gasteiger partial charge in [0.05, 0.1) is 6.10 Å². The van der Waals surface area contributed by atoms with Gasteiger partial charge < -0.3 is 5.11 Å². The van der Waals surface area contributed by atoms with Crippen molar-refractivity contribution in [3.05, 3.63) is 0 Å². The summed E-state index contributed by atoms with van der Waals surface area (Å²) in [4.78, 5) is 2.58. The van der Waals surface area contributed by atoms with Gasteiger partial charge in [0.25, 0.3) is 0 Å². The van der Waals surface area contributed by atoms with Crippen molar-refractivity contribution in [1.82, 2.24) is 4.90 Å². The Labute approximate surface area is 93.7 Å². The number of nitrogens with zero attached hydrogens (tertiary/aromatic N) is 1. The van der Waals surface area contributed by atoms with Crippen molar-refractivity contribution in [2.75, 3.05) is 13.1 Å². The highest BCUT2D eigenvalue weighted by molar-refractivity contribution is 5.10. The third kappa shape index (κ3) is 1.62. The first-order valence-electron chi connectivity index (χ1n) is 6.09. The van der Waals surface area contributed by atoms with Gasteiger partial charge in [-0.3, -0.25) is 4.90 Å². The summed E-state index contributed by atoms with van der Waals surface area (Å²) >= 11 is 0. The number of hydrogen-bond acceptors (Lipinski definition) is 2. The summed E-state index contributed by atoms with van der Waals surface area (Å²) in [6.07, 6.45) is 1.90. The maximum absolute atomic E-state index is 9.84. The Morgan fingerprint density at radius 2 is 1.47 bits per heavy atom. The number of aliphatic hydroxyl groups excluding tert-OH is 1. The normalized spacial score (nSPS) is 47.2. The van der Waals surface area contributed by atoms with Crippen LogP contribution in [0.25, 0.3) is 0 Å².